The van der Waals surface area contributed by atoms with Crippen LogP contribution in [-0.2, 0) is 0 Å². The molecular formula is C22H21BrN4O3S. The highest BCUT2D eigenvalue weighted by Gasteiger charge is 2.24. The third-order valence-electron chi connectivity index (χ3n) is 4.75. The van der Waals surface area contributed by atoms with E-state index in [0.717, 1.165) is 16.8 Å². The largest absolute Gasteiger partial charge is 0.480 e. The fourth-order valence-electron chi connectivity index (χ4n) is 3.01. The molecule has 0 N–H and O–H groups in total. The van der Waals surface area contributed by atoms with Gasteiger partial charge in [-0.25, -0.2) is 0 Å². The summed E-state index contributed by atoms with van der Waals surface area (Å²) < 4.78 is 8.07. The molecule has 0 radical (unpaired) electrons. The van der Waals surface area contributed by atoms with E-state index in [9.17, 15) is 10.1 Å². The molecule has 7 nitrogen and oxygen atoms in total. The smallest absolute Gasteiger partial charge is 0.220 e. The molecular weight excluding hydrogens is 480 g/mol. The van der Waals surface area contributed by atoms with Crippen molar-refractivity contribution in [3.8, 4) is 23.8 Å². The van der Waals surface area contributed by atoms with Crippen molar-refractivity contribution in [1.29, 1.82) is 0 Å². The number of aromatic nitrogens is 3. The topological polar surface area (TPSA) is 83.1 Å². The highest BCUT2D eigenvalue weighted by atomic mass is 79.9. The Morgan fingerprint density at radius 1 is 1.23 bits per heavy atom. The van der Waals surface area contributed by atoms with Crippen LogP contribution >= 0.6 is 27.7 Å². The van der Waals surface area contributed by atoms with Crippen molar-refractivity contribution >= 4 is 27.7 Å². The van der Waals surface area contributed by atoms with E-state index in [0.29, 0.717) is 21.2 Å². The maximum atomic E-state index is 11.4. The molecule has 0 saturated carbocycles. The maximum absolute atomic E-state index is 11.4. The number of halogens is 1. The lowest BCUT2D eigenvalue weighted by atomic mass is 10.1. The average molecular weight is 501 g/mol. The Balaban J connectivity index is 1.96. The first-order valence-electron chi connectivity index (χ1n) is 9.44. The van der Waals surface area contributed by atoms with Gasteiger partial charge in [0, 0.05) is 10.6 Å². The van der Waals surface area contributed by atoms with Gasteiger partial charge in [0.25, 0.3) is 0 Å². The molecule has 0 unspecified atom stereocenters. The molecule has 0 fully saturated rings. The number of thioether (sulfide) groups is 1. The first kappa shape index (κ1) is 22.8. The van der Waals surface area contributed by atoms with Crippen LogP contribution in [0.1, 0.15) is 27.8 Å². The number of rotatable bonds is 8. The summed E-state index contributed by atoms with van der Waals surface area (Å²) in [5.74, 6) is 3.71. The predicted octanol–water partition coefficient (Wildman–Crippen LogP) is 5.08. The summed E-state index contributed by atoms with van der Waals surface area (Å²) in [4.78, 5) is 11.1. The summed E-state index contributed by atoms with van der Waals surface area (Å²) in [6.07, 6.45) is 5.24. The van der Waals surface area contributed by atoms with E-state index < -0.39 is 5.25 Å². The molecule has 0 aliphatic heterocycles. The zero-order valence-electron chi connectivity index (χ0n) is 17.3. The van der Waals surface area contributed by atoms with Crippen LogP contribution in [0.15, 0.2) is 46.0 Å². The summed E-state index contributed by atoms with van der Waals surface area (Å²) in [6, 6.07) is 11.5. The van der Waals surface area contributed by atoms with Gasteiger partial charge >= 0.3 is 0 Å². The van der Waals surface area contributed by atoms with E-state index in [2.05, 4.69) is 45.0 Å². The van der Waals surface area contributed by atoms with Crippen LogP contribution in [0.25, 0.3) is 5.69 Å². The van der Waals surface area contributed by atoms with Crippen LogP contribution in [0.3, 0.4) is 0 Å². The van der Waals surface area contributed by atoms with E-state index >= 15 is 0 Å². The number of nitro groups is 1. The van der Waals surface area contributed by atoms with Crippen LogP contribution in [0.5, 0.6) is 5.75 Å². The molecule has 3 rings (SSSR count). The van der Waals surface area contributed by atoms with E-state index in [1.807, 2.05) is 36.6 Å². The van der Waals surface area contributed by atoms with Gasteiger partial charge in [-0.05, 0) is 77.7 Å². The molecule has 3 aromatic rings. The highest BCUT2D eigenvalue weighted by Crippen LogP contribution is 2.38. The molecule has 0 aliphatic carbocycles. The van der Waals surface area contributed by atoms with Gasteiger partial charge in [-0.2, -0.15) is 0 Å². The molecule has 0 spiro atoms. The summed E-state index contributed by atoms with van der Waals surface area (Å²) in [5, 5.41) is 20.0. The van der Waals surface area contributed by atoms with Crippen molar-refractivity contribution in [2.45, 2.75) is 31.2 Å². The molecule has 9 heteroatoms. The van der Waals surface area contributed by atoms with E-state index in [-0.39, 0.29) is 18.1 Å². The van der Waals surface area contributed by atoms with Crippen LogP contribution in [0, 0.1) is 43.2 Å². The molecule has 0 bridgehead atoms. The SMILES string of the molecule is C#CCOc1ccc([C@H](C[N+](=O)[O-])Sc2nnc(C)n2-c2ccc(C)c(C)c2)cc1Br. The number of aryl methyl sites for hydroxylation is 3. The Morgan fingerprint density at radius 2 is 2.00 bits per heavy atom. The first-order chi connectivity index (χ1) is 14.8. The molecule has 1 heterocycles. The molecule has 1 aromatic heterocycles. The minimum Gasteiger partial charge on any atom is -0.480 e. The standard InChI is InChI=1S/C22H21BrN4O3S/c1-5-10-30-20-9-7-17(12-19(20)23)21(13-26(28)29)31-22-25-24-16(4)27(22)18-8-6-14(2)15(3)11-18/h1,6-9,11-12,21H,10,13H2,2-4H3/t21-/m0/s1. The van der Waals surface area contributed by atoms with Crippen molar-refractivity contribution in [3.05, 3.63) is 73.5 Å². The third kappa shape index (κ3) is 5.46. The molecule has 31 heavy (non-hydrogen) atoms. The maximum Gasteiger partial charge on any atom is 0.220 e. The number of ether oxygens (including phenoxy) is 1. The number of terminal acetylenes is 1. The Hall–Kier alpha value is -2.83. The van der Waals surface area contributed by atoms with E-state index in [4.69, 9.17) is 11.2 Å². The second kappa shape index (κ2) is 9.98. The van der Waals surface area contributed by atoms with Crippen molar-refractivity contribution in [3.63, 3.8) is 0 Å². The van der Waals surface area contributed by atoms with Gasteiger partial charge < -0.3 is 4.74 Å². The third-order valence-corrected chi connectivity index (χ3v) is 6.55. The van der Waals surface area contributed by atoms with Crippen LogP contribution in [-0.4, -0.2) is 32.8 Å². The summed E-state index contributed by atoms with van der Waals surface area (Å²) >= 11 is 4.77. The lowest BCUT2D eigenvalue weighted by Gasteiger charge is -2.16. The van der Waals surface area contributed by atoms with Gasteiger partial charge in [0.15, 0.2) is 5.16 Å². The molecule has 0 amide bonds. The normalized spacial score (nSPS) is 11.7. The summed E-state index contributed by atoms with van der Waals surface area (Å²) in [6.45, 7) is 5.84. The van der Waals surface area contributed by atoms with Gasteiger partial charge in [-0.1, -0.05) is 29.8 Å². The Kier molecular flexibility index (Phi) is 7.36. The van der Waals surface area contributed by atoms with Gasteiger partial charge in [-0.15, -0.1) is 16.6 Å². The second-order valence-corrected chi connectivity index (χ2v) is 8.96. The second-order valence-electron chi connectivity index (χ2n) is 6.94. The fraction of sp³-hybridized carbons (Fsp3) is 0.273. The fourth-order valence-corrected chi connectivity index (χ4v) is 4.68. The minimum atomic E-state index is -0.470. The van der Waals surface area contributed by atoms with Crippen molar-refractivity contribution in [2.24, 2.45) is 0 Å². The Bertz CT molecular complexity index is 1160. The molecule has 1 atom stereocenters. The monoisotopic (exact) mass is 500 g/mol. The lowest BCUT2D eigenvalue weighted by molar-refractivity contribution is -0.479. The van der Waals surface area contributed by atoms with E-state index in [1.165, 1.54) is 17.3 Å². The summed E-state index contributed by atoms with van der Waals surface area (Å²) in [5.41, 5.74) is 4.03. The van der Waals surface area contributed by atoms with Crippen LogP contribution in [0.4, 0.5) is 0 Å². The first-order valence-corrected chi connectivity index (χ1v) is 11.1. The summed E-state index contributed by atoms with van der Waals surface area (Å²) in [7, 11) is 0. The average Bonchev–Trinajstić information content (AvgIpc) is 3.08. The zero-order chi connectivity index (χ0) is 22.5. The Morgan fingerprint density at radius 3 is 2.65 bits per heavy atom. The minimum absolute atomic E-state index is 0.142. The van der Waals surface area contributed by atoms with Crippen molar-refractivity contribution in [1.82, 2.24) is 14.8 Å². The number of hydrogen-bond donors (Lipinski definition) is 0. The van der Waals surface area contributed by atoms with Gasteiger partial charge in [0.1, 0.15) is 23.4 Å². The van der Waals surface area contributed by atoms with Crippen LogP contribution in [0.2, 0.25) is 0 Å². The van der Waals surface area contributed by atoms with Crippen molar-refractivity contribution in [2.75, 3.05) is 13.2 Å². The number of nitrogens with zero attached hydrogens (tertiary/aromatic N) is 4. The number of hydrogen-bond acceptors (Lipinski definition) is 6. The van der Waals surface area contributed by atoms with Gasteiger partial charge in [0.2, 0.25) is 6.54 Å². The highest BCUT2D eigenvalue weighted by molar-refractivity contribution is 9.10. The molecule has 0 saturated heterocycles. The molecule has 2 aromatic carbocycles. The predicted molar refractivity (Wildman–Crippen MR) is 124 cm³/mol. The number of benzene rings is 2. The van der Waals surface area contributed by atoms with Gasteiger partial charge in [0.05, 0.1) is 4.47 Å². The van der Waals surface area contributed by atoms with Crippen LogP contribution < -0.4 is 4.74 Å². The van der Waals surface area contributed by atoms with E-state index in [1.54, 1.807) is 12.1 Å². The lowest BCUT2D eigenvalue weighted by Crippen LogP contribution is -2.11. The zero-order valence-corrected chi connectivity index (χ0v) is 19.7. The molecule has 160 valence electrons. The quantitative estimate of drug-likeness (QED) is 0.185. The van der Waals surface area contributed by atoms with Gasteiger partial charge in [-0.3, -0.25) is 14.7 Å². The Labute approximate surface area is 193 Å². The van der Waals surface area contributed by atoms with Crippen molar-refractivity contribution < 1.29 is 9.66 Å². The molecule has 0 aliphatic rings.